The van der Waals surface area contributed by atoms with Gasteiger partial charge in [0, 0.05) is 49.5 Å². The molecule has 1 saturated heterocycles. The van der Waals surface area contributed by atoms with Crippen LogP contribution in [0.5, 0.6) is 0 Å². The van der Waals surface area contributed by atoms with Crippen molar-refractivity contribution in [3.63, 3.8) is 0 Å². The minimum atomic E-state index is 0.431. The Morgan fingerprint density at radius 3 is 2.54 bits per heavy atom. The number of fused-ring (bicyclic) bond motifs is 2. The Morgan fingerprint density at radius 1 is 1.18 bits per heavy atom. The van der Waals surface area contributed by atoms with Gasteiger partial charge in [0.15, 0.2) is 0 Å². The molecular formula is C22H30ClN3O2. The second-order valence-corrected chi connectivity index (χ2v) is 7.24. The van der Waals surface area contributed by atoms with Gasteiger partial charge in [-0.1, -0.05) is 23.7 Å². The van der Waals surface area contributed by atoms with Crippen LogP contribution in [0.15, 0.2) is 36.5 Å². The lowest BCUT2D eigenvalue weighted by Crippen LogP contribution is -2.40. The summed E-state index contributed by atoms with van der Waals surface area (Å²) in [4.78, 5) is 16.0. The van der Waals surface area contributed by atoms with Gasteiger partial charge >= 0.3 is 0 Å². The second-order valence-electron chi connectivity index (χ2n) is 6.80. The first-order valence-electron chi connectivity index (χ1n) is 9.78. The molecule has 0 saturated carbocycles. The molecule has 1 N–H and O–H groups in total. The van der Waals surface area contributed by atoms with Gasteiger partial charge < -0.3 is 15.0 Å². The van der Waals surface area contributed by atoms with Crippen molar-refractivity contribution in [2.75, 3.05) is 39.8 Å². The second kappa shape index (κ2) is 12.5. The lowest BCUT2D eigenvalue weighted by Gasteiger charge is -2.21. The van der Waals surface area contributed by atoms with E-state index in [4.69, 9.17) is 11.6 Å². The Balaban J connectivity index is 0.000000194. The van der Waals surface area contributed by atoms with Crippen LogP contribution in [0.25, 0.3) is 0 Å². The number of aryl methyl sites for hydroxylation is 2. The molecule has 0 atom stereocenters. The average Bonchev–Trinajstić information content (AvgIpc) is 2.89. The fourth-order valence-electron chi connectivity index (χ4n) is 3.15. The zero-order valence-electron chi connectivity index (χ0n) is 16.8. The van der Waals surface area contributed by atoms with E-state index in [1.54, 1.807) is 6.92 Å². The molecule has 0 unspecified atom stereocenters. The fourth-order valence-corrected chi connectivity index (χ4v) is 3.35. The van der Waals surface area contributed by atoms with Crippen LogP contribution in [0.2, 0.25) is 5.02 Å². The predicted molar refractivity (Wildman–Crippen MR) is 114 cm³/mol. The SMILES string of the molecule is CCOC=O.CN1CCNCC1.Clc1ccc2c(c1)CCc1cccnc1C2. The maximum atomic E-state index is 9.18. The number of carbonyl (C=O) groups excluding carboxylic acids is 1. The molecule has 2 heterocycles. The molecule has 1 fully saturated rings. The third-order valence-corrected chi connectivity index (χ3v) is 4.98. The molecule has 0 radical (unpaired) electrons. The maximum Gasteiger partial charge on any atom is 0.293 e. The van der Waals surface area contributed by atoms with E-state index in [1.807, 2.05) is 18.3 Å². The van der Waals surface area contributed by atoms with E-state index in [1.165, 1.54) is 35.5 Å². The number of benzene rings is 1. The first-order chi connectivity index (χ1) is 13.6. The number of piperazine rings is 1. The van der Waals surface area contributed by atoms with Crippen LogP contribution in [0.4, 0.5) is 0 Å². The van der Waals surface area contributed by atoms with E-state index in [0.29, 0.717) is 13.1 Å². The monoisotopic (exact) mass is 403 g/mol. The van der Waals surface area contributed by atoms with Crippen molar-refractivity contribution >= 4 is 18.1 Å². The van der Waals surface area contributed by atoms with Crippen LogP contribution in [0, 0.1) is 0 Å². The summed E-state index contributed by atoms with van der Waals surface area (Å²) in [6.07, 6.45) is 4.94. The number of rotatable bonds is 2. The summed E-state index contributed by atoms with van der Waals surface area (Å²) in [7, 11) is 2.15. The highest BCUT2D eigenvalue weighted by molar-refractivity contribution is 6.30. The summed E-state index contributed by atoms with van der Waals surface area (Å²) >= 11 is 6.03. The average molecular weight is 404 g/mol. The van der Waals surface area contributed by atoms with Crippen molar-refractivity contribution in [1.29, 1.82) is 0 Å². The highest BCUT2D eigenvalue weighted by atomic mass is 35.5. The van der Waals surface area contributed by atoms with E-state index in [2.05, 4.69) is 45.2 Å². The Hall–Kier alpha value is -1.95. The van der Waals surface area contributed by atoms with Gasteiger partial charge in [-0.05, 0) is 61.7 Å². The predicted octanol–water partition coefficient (Wildman–Crippen LogP) is 3.13. The molecular weight excluding hydrogens is 374 g/mol. The first kappa shape index (κ1) is 22.3. The molecule has 0 amide bonds. The quantitative estimate of drug-likeness (QED) is 0.781. The zero-order valence-corrected chi connectivity index (χ0v) is 17.5. The molecule has 28 heavy (non-hydrogen) atoms. The molecule has 4 rings (SSSR count). The summed E-state index contributed by atoms with van der Waals surface area (Å²) in [5.74, 6) is 0. The highest BCUT2D eigenvalue weighted by Gasteiger charge is 2.13. The molecule has 2 aliphatic rings. The normalized spacial score (nSPS) is 15.4. The van der Waals surface area contributed by atoms with Gasteiger partial charge in [0.25, 0.3) is 6.47 Å². The first-order valence-corrected chi connectivity index (χ1v) is 10.2. The summed E-state index contributed by atoms with van der Waals surface area (Å²) in [5, 5.41) is 4.10. The van der Waals surface area contributed by atoms with E-state index in [-0.39, 0.29) is 0 Å². The molecule has 2 aromatic rings. The maximum absolute atomic E-state index is 9.18. The van der Waals surface area contributed by atoms with Gasteiger partial charge in [-0.25, -0.2) is 0 Å². The third-order valence-electron chi connectivity index (χ3n) is 4.75. The molecule has 1 aliphatic carbocycles. The minimum absolute atomic E-state index is 0.431. The van der Waals surface area contributed by atoms with Gasteiger partial charge in [-0.15, -0.1) is 0 Å². The molecule has 152 valence electrons. The molecule has 1 aromatic heterocycles. The van der Waals surface area contributed by atoms with Gasteiger partial charge in [-0.3, -0.25) is 9.78 Å². The number of hydrogen-bond acceptors (Lipinski definition) is 5. The number of likely N-dealkylation sites (N-methyl/N-ethyl adjacent to an activating group) is 1. The molecule has 1 aliphatic heterocycles. The number of nitrogens with zero attached hydrogens (tertiary/aromatic N) is 2. The summed E-state index contributed by atoms with van der Waals surface area (Å²) < 4.78 is 4.15. The highest BCUT2D eigenvalue weighted by Crippen LogP contribution is 2.25. The number of ether oxygens (including phenoxy) is 1. The molecule has 0 spiro atoms. The van der Waals surface area contributed by atoms with Crippen LogP contribution in [-0.2, 0) is 28.8 Å². The van der Waals surface area contributed by atoms with Crippen LogP contribution >= 0.6 is 11.6 Å². The van der Waals surface area contributed by atoms with Crippen LogP contribution < -0.4 is 5.32 Å². The largest absolute Gasteiger partial charge is 0.468 e. The van der Waals surface area contributed by atoms with Crippen molar-refractivity contribution in [3.8, 4) is 0 Å². The summed E-state index contributed by atoms with van der Waals surface area (Å²) in [6, 6.07) is 10.4. The fraction of sp³-hybridized carbons (Fsp3) is 0.455. The van der Waals surface area contributed by atoms with Crippen LogP contribution in [-0.4, -0.2) is 56.2 Å². The number of carbonyl (C=O) groups is 1. The molecule has 0 bridgehead atoms. The summed E-state index contributed by atoms with van der Waals surface area (Å²) in [6.45, 7) is 7.41. The Morgan fingerprint density at radius 2 is 1.93 bits per heavy atom. The van der Waals surface area contributed by atoms with Gasteiger partial charge in [0.2, 0.25) is 0 Å². The molecule has 6 heteroatoms. The zero-order chi connectivity index (χ0) is 20.2. The number of halogens is 1. The number of pyridine rings is 1. The minimum Gasteiger partial charge on any atom is -0.468 e. The van der Waals surface area contributed by atoms with Crippen molar-refractivity contribution < 1.29 is 9.53 Å². The lowest BCUT2D eigenvalue weighted by molar-refractivity contribution is -0.128. The number of hydrogen-bond donors (Lipinski definition) is 1. The van der Waals surface area contributed by atoms with Crippen molar-refractivity contribution in [2.24, 2.45) is 0 Å². The third kappa shape index (κ3) is 7.58. The van der Waals surface area contributed by atoms with E-state index in [0.717, 1.165) is 37.4 Å². The van der Waals surface area contributed by atoms with E-state index < -0.39 is 0 Å². The number of nitrogens with one attached hydrogen (secondary N) is 1. The Bertz CT molecular complexity index is 733. The lowest BCUT2D eigenvalue weighted by atomic mass is 10.0. The molecule has 1 aromatic carbocycles. The van der Waals surface area contributed by atoms with Crippen molar-refractivity contribution in [1.82, 2.24) is 15.2 Å². The molecule has 5 nitrogen and oxygen atoms in total. The van der Waals surface area contributed by atoms with Crippen molar-refractivity contribution in [3.05, 3.63) is 63.9 Å². The van der Waals surface area contributed by atoms with Crippen LogP contribution in [0.3, 0.4) is 0 Å². The number of aromatic nitrogens is 1. The van der Waals surface area contributed by atoms with Crippen molar-refractivity contribution in [2.45, 2.75) is 26.2 Å². The van der Waals surface area contributed by atoms with Gasteiger partial charge in [-0.2, -0.15) is 0 Å². The smallest absolute Gasteiger partial charge is 0.293 e. The van der Waals surface area contributed by atoms with Gasteiger partial charge in [0.1, 0.15) is 0 Å². The topological polar surface area (TPSA) is 54.5 Å². The van der Waals surface area contributed by atoms with Crippen LogP contribution in [0.1, 0.15) is 29.3 Å². The Kier molecular flexibility index (Phi) is 9.97. The van der Waals surface area contributed by atoms with E-state index in [9.17, 15) is 4.79 Å². The summed E-state index contributed by atoms with van der Waals surface area (Å²) in [5.41, 5.74) is 5.31. The van der Waals surface area contributed by atoms with Gasteiger partial charge in [0.05, 0.1) is 6.61 Å². The van der Waals surface area contributed by atoms with E-state index >= 15 is 0 Å². The standard InChI is InChI=1S/C14H12ClN.C5H12N2.C3H6O2/c15-13-6-5-12-9-14-10(2-1-7-16-14)3-4-11(12)8-13;1-7-4-2-6-3-5-7;1-2-5-3-4/h1-2,5-8H,3-4,9H2;6H,2-5H2,1H3;3H,2H2,1H3. The Labute approximate surface area is 173 Å².